The number of carbonyl (C=O) groups is 2. The summed E-state index contributed by atoms with van der Waals surface area (Å²) in [6, 6.07) is 15.0. The minimum absolute atomic E-state index is 0.190. The number of anilines is 1. The summed E-state index contributed by atoms with van der Waals surface area (Å²) in [4.78, 5) is 34.0. The zero-order chi connectivity index (χ0) is 18.5. The van der Waals surface area contributed by atoms with E-state index in [2.05, 4.69) is 15.3 Å². The van der Waals surface area contributed by atoms with Crippen LogP contribution in [0, 0.1) is 5.92 Å². The molecular weight excluding hydrogens is 344 g/mol. The number of nitrogens with one attached hydrogen (secondary N) is 1. The predicted molar refractivity (Wildman–Crippen MR) is 100 cm³/mol. The average molecular weight is 360 g/mol. The number of aliphatic imine (C=N–C) groups is 1. The maximum atomic E-state index is 12.9. The molecule has 1 aromatic heterocycles. The predicted octanol–water partition coefficient (Wildman–Crippen LogP) is 2.57. The number of benzene rings is 2. The van der Waals surface area contributed by atoms with E-state index in [9.17, 15) is 9.59 Å². The third-order valence-corrected chi connectivity index (χ3v) is 5.17. The second-order valence-corrected chi connectivity index (χ2v) is 6.67. The molecule has 0 saturated heterocycles. The average Bonchev–Trinajstić information content (AvgIpc) is 3.05. The fraction of sp³-hybridized carbons (Fsp3) is 0.200. The lowest BCUT2D eigenvalue weighted by Gasteiger charge is -2.34. The maximum Gasteiger partial charge on any atom is 0.248 e. The lowest BCUT2D eigenvalue weighted by molar-refractivity contribution is -0.121. The molecule has 7 nitrogen and oxygen atoms in total. The Morgan fingerprint density at radius 3 is 2.67 bits per heavy atom. The summed E-state index contributed by atoms with van der Waals surface area (Å²) in [5, 5.41) is 2.88. The molecule has 27 heavy (non-hydrogen) atoms. The van der Waals surface area contributed by atoms with Gasteiger partial charge in [-0.15, -0.1) is 0 Å². The van der Waals surface area contributed by atoms with Crippen molar-refractivity contribution >= 4 is 34.6 Å². The van der Waals surface area contributed by atoms with Crippen LogP contribution in [0.25, 0.3) is 11.0 Å². The number of para-hydroxylation sites is 2. The van der Waals surface area contributed by atoms with Gasteiger partial charge in [-0.05, 0) is 29.8 Å². The van der Waals surface area contributed by atoms with Crippen molar-refractivity contribution in [1.82, 2.24) is 9.55 Å². The highest BCUT2D eigenvalue weighted by Gasteiger charge is 2.44. The Morgan fingerprint density at radius 2 is 1.89 bits per heavy atom. The molecule has 5 rings (SSSR count). The topological polar surface area (TPSA) is 85.6 Å². The highest BCUT2D eigenvalue weighted by atomic mass is 16.5. The van der Waals surface area contributed by atoms with Gasteiger partial charge >= 0.3 is 0 Å². The van der Waals surface area contributed by atoms with Crippen LogP contribution in [-0.2, 0) is 9.59 Å². The number of methoxy groups -OCH3 is 1. The number of aromatic nitrogens is 2. The van der Waals surface area contributed by atoms with Crippen molar-refractivity contribution in [1.29, 1.82) is 0 Å². The third-order valence-electron chi connectivity index (χ3n) is 5.17. The van der Waals surface area contributed by atoms with Crippen LogP contribution in [0.2, 0.25) is 0 Å². The number of amides is 2. The summed E-state index contributed by atoms with van der Waals surface area (Å²) < 4.78 is 6.99. The molecule has 2 aromatic carbocycles. The molecule has 0 spiro atoms. The van der Waals surface area contributed by atoms with Crippen molar-refractivity contribution in [3.8, 4) is 5.75 Å². The summed E-state index contributed by atoms with van der Waals surface area (Å²) >= 11 is 0. The molecule has 0 fully saturated rings. The van der Waals surface area contributed by atoms with Crippen LogP contribution >= 0.6 is 0 Å². The quantitative estimate of drug-likeness (QED) is 0.761. The molecule has 0 radical (unpaired) electrons. The van der Waals surface area contributed by atoms with E-state index in [1.165, 1.54) is 0 Å². The Morgan fingerprint density at radius 1 is 1.11 bits per heavy atom. The van der Waals surface area contributed by atoms with Gasteiger partial charge in [0.25, 0.3) is 0 Å². The fourth-order valence-electron chi connectivity index (χ4n) is 3.91. The number of carbonyl (C=O) groups excluding carboxylic acids is 2. The van der Waals surface area contributed by atoms with Gasteiger partial charge in [0.15, 0.2) is 0 Å². The van der Waals surface area contributed by atoms with Gasteiger partial charge in [-0.1, -0.05) is 24.3 Å². The molecule has 2 atom stereocenters. The lowest BCUT2D eigenvalue weighted by Crippen LogP contribution is -2.46. The smallest absolute Gasteiger partial charge is 0.248 e. The molecule has 0 bridgehead atoms. The molecule has 7 heteroatoms. The molecule has 134 valence electrons. The molecule has 2 aliphatic rings. The van der Waals surface area contributed by atoms with E-state index in [0.29, 0.717) is 11.8 Å². The zero-order valence-corrected chi connectivity index (χ0v) is 14.5. The Labute approximate surface area is 154 Å². The number of nitrogens with zero attached hydrogens (tertiary/aromatic N) is 3. The van der Waals surface area contributed by atoms with Gasteiger partial charge in [-0.2, -0.15) is 4.99 Å². The number of ether oxygens (including phenoxy) is 1. The van der Waals surface area contributed by atoms with Gasteiger partial charge in [0.05, 0.1) is 18.1 Å². The number of fused-ring (bicyclic) bond motifs is 5. The minimum atomic E-state index is -0.554. The van der Waals surface area contributed by atoms with E-state index in [4.69, 9.17) is 4.74 Å². The first-order valence-corrected chi connectivity index (χ1v) is 8.70. The molecule has 1 N–H and O–H groups in total. The first-order valence-electron chi connectivity index (χ1n) is 8.70. The monoisotopic (exact) mass is 360 g/mol. The van der Waals surface area contributed by atoms with Crippen LogP contribution in [0.3, 0.4) is 0 Å². The highest BCUT2D eigenvalue weighted by molar-refractivity contribution is 6.20. The van der Waals surface area contributed by atoms with Crippen molar-refractivity contribution in [2.24, 2.45) is 10.9 Å². The van der Waals surface area contributed by atoms with Crippen molar-refractivity contribution in [2.75, 3.05) is 12.4 Å². The summed E-state index contributed by atoms with van der Waals surface area (Å²) in [7, 11) is 1.60. The van der Waals surface area contributed by atoms with Gasteiger partial charge in [0.2, 0.25) is 17.8 Å². The van der Waals surface area contributed by atoms with Gasteiger partial charge in [-0.25, -0.2) is 4.98 Å². The van der Waals surface area contributed by atoms with Crippen LogP contribution in [0.1, 0.15) is 17.9 Å². The highest BCUT2D eigenvalue weighted by Crippen LogP contribution is 2.39. The van der Waals surface area contributed by atoms with Gasteiger partial charge < -0.3 is 4.74 Å². The van der Waals surface area contributed by atoms with Crippen molar-refractivity contribution in [3.05, 3.63) is 54.1 Å². The van der Waals surface area contributed by atoms with E-state index in [0.717, 1.165) is 22.3 Å². The van der Waals surface area contributed by atoms with Gasteiger partial charge in [0.1, 0.15) is 17.5 Å². The maximum absolute atomic E-state index is 12.9. The summed E-state index contributed by atoms with van der Waals surface area (Å²) in [6.45, 7) is 0. The molecule has 3 heterocycles. The Bertz CT molecular complexity index is 1110. The number of rotatable bonds is 2. The second-order valence-electron chi connectivity index (χ2n) is 6.67. The molecular formula is C20H16N4O3. The van der Waals surface area contributed by atoms with Gasteiger partial charge in [0, 0.05) is 12.3 Å². The van der Waals surface area contributed by atoms with E-state index in [-0.39, 0.29) is 24.2 Å². The normalized spacial score (nSPS) is 21.3. The van der Waals surface area contributed by atoms with Crippen LogP contribution in [0.5, 0.6) is 5.75 Å². The standard InChI is InChI=1S/C20H16N4O3/c1-27-12-8-6-11(7-9-12)13-10-16(25)22-18-17(13)19(26)23-20-21-14-4-2-3-5-15(14)24(18)20/h2-9,13,17H,10H2,1H3,(H,21,23,26). The summed E-state index contributed by atoms with van der Waals surface area (Å²) in [5.74, 6) is 0.307. The first kappa shape index (κ1) is 15.7. The third kappa shape index (κ3) is 2.35. The van der Waals surface area contributed by atoms with Crippen LogP contribution in [-0.4, -0.2) is 34.3 Å². The molecule has 3 aromatic rings. The van der Waals surface area contributed by atoms with Gasteiger partial charge in [-0.3, -0.25) is 19.5 Å². The Balaban J connectivity index is 1.67. The van der Waals surface area contributed by atoms with Crippen molar-refractivity contribution < 1.29 is 14.3 Å². The van der Waals surface area contributed by atoms with E-state index >= 15 is 0 Å². The minimum Gasteiger partial charge on any atom is -0.497 e. The molecule has 2 aliphatic heterocycles. The number of hydrogen-bond donors (Lipinski definition) is 1. The Hall–Kier alpha value is -3.48. The van der Waals surface area contributed by atoms with Crippen LogP contribution < -0.4 is 10.1 Å². The zero-order valence-electron chi connectivity index (χ0n) is 14.5. The SMILES string of the molecule is COc1ccc(C2CC(=O)N=C3C2C(=O)Nc2nc4ccccc4n23)cc1. The van der Waals surface area contributed by atoms with E-state index in [1.54, 1.807) is 11.7 Å². The van der Waals surface area contributed by atoms with Crippen LogP contribution in [0.15, 0.2) is 53.5 Å². The lowest BCUT2D eigenvalue weighted by atomic mass is 9.79. The van der Waals surface area contributed by atoms with E-state index in [1.807, 2.05) is 48.5 Å². The molecule has 2 amide bonds. The van der Waals surface area contributed by atoms with E-state index < -0.39 is 5.92 Å². The first-order chi connectivity index (χ1) is 13.2. The summed E-state index contributed by atoms with van der Waals surface area (Å²) in [5.41, 5.74) is 2.47. The number of hydrogen-bond acceptors (Lipinski definition) is 4. The number of imidazole rings is 1. The largest absolute Gasteiger partial charge is 0.497 e. The van der Waals surface area contributed by atoms with Crippen LogP contribution in [0.4, 0.5) is 5.95 Å². The molecule has 0 saturated carbocycles. The fourth-order valence-corrected chi connectivity index (χ4v) is 3.91. The molecule has 2 unspecified atom stereocenters. The molecule has 0 aliphatic carbocycles. The second kappa shape index (κ2) is 5.77. The van der Waals surface area contributed by atoms with Crippen molar-refractivity contribution in [2.45, 2.75) is 12.3 Å². The van der Waals surface area contributed by atoms with Crippen molar-refractivity contribution in [3.63, 3.8) is 0 Å². The summed E-state index contributed by atoms with van der Waals surface area (Å²) in [6.07, 6.45) is 0.190. The Kier molecular flexibility index (Phi) is 3.36.